The fraction of sp³-hybridized carbons (Fsp3) is 0.308. The summed E-state index contributed by atoms with van der Waals surface area (Å²) in [6.45, 7) is 1.75. The summed E-state index contributed by atoms with van der Waals surface area (Å²) in [5.41, 5.74) is 7.17. The first kappa shape index (κ1) is 13.9. The molecule has 0 bridgehead atoms. The number of hydrogen-bond acceptors (Lipinski definition) is 5. The number of hydrogen-bond donors (Lipinski definition) is 3. The molecule has 0 radical (unpaired) electrons. The lowest BCUT2D eigenvalue weighted by molar-refractivity contribution is -0.129. The quantitative estimate of drug-likeness (QED) is 0.703. The minimum atomic E-state index is -0.424. The number of carbonyl (C=O) groups excluding carboxylic acids is 1. The van der Waals surface area contributed by atoms with Gasteiger partial charge in [-0.2, -0.15) is 0 Å². The van der Waals surface area contributed by atoms with Crippen molar-refractivity contribution in [3.05, 3.63) is 28.8 Å². The van der Waals surface area contributed by atoms with Crippen LogP contribution in [0.1, 0.15) is 6.92 Å². The summed E-state index contributed by atoms with van der Waals surface area (Å²) in [6.07, 6.45) is 1.33. The molecule has 2 aromatic rings. The Bertz CT molecular complexity index is 707. The molecule has 0 spiro atoms. The first-order valence-electron chi connectivity index (χ1n) is 6.14. The van der Waals surface area contributed by atoms with Gasteiger partial charge in [0.25, 0.3) is 5.56 Å². The van der Waals surface area contributed by atoms with E-state index in [1.54, 1.807) is 33.2 Å². The molecule has 1 aromatic carbocycles. The number of likely N-dealkylation sites (N-methyl/N-ethyl adjacent to an activating group) is 1. The summed E-state index contributed by atoms with van der Waals surface area (Å²) >= 11 is 0. The fourth-order valence-electron chi connectivity index (χ4n) is 1.94. The van der Waals surface area contributed by atoms with E-state index in [2.05, 4.69) is 15.3 Å². The highest BCUT2D eigenvalue weighted by atomic mass is 16.2. The van der Waals surface area contributed by atoms with Crippen LogP contribution in [0.25, 0.3) is 10.9 Å². The van der Waals surface area contributed by atoms with E-state index in [0.29, 0.717) is 22.3 Å². The van der Waals surface area contributed by atoms with Gasteiger partial charge in [-0.05, 0) is 19.1 Å². The Morgan fingerprint density at radius 1 is 1.45 bits per heavy atom. The molecule has 20 heavy (non-hydrogen) atoms. The van der Waals surface area contributed by atoms with E-state index in [9.17, 15) is 9.59 Å². The molecule has 0 aliphatic heterocycles. The minimum absolute atomic E-state index is 0.0663. The zero-order valence-electron chi connectivity index (χ0n) is 11.6. The number of nitrogens with two attached hydrogens (primary N) is 1. The van der Waals surface area contributed by atoms with Crippen molar-refractivity contribution >= 4 is 28.2 Å². The number of aromatic amines is 1. The van der Waals surface area contributed by atoms with Gasteiger partial charge in [-0.1, -0.05) is 0 Å². The number of anilines is 2. The topological polar surface area (TPSA) is 104 Å². The van der Waals surface area contributed by atoms with E-state index in [-0.39, 0.29) is 11.5 Å². The first-order chi connectivity index (χ1) is 9.40. The van der Waals surface area contributed by atoms with Crippen LogP contribution < -0.4 is 16.6 Å². The summed E-state index contributed by atoms with van der Waals surface area (Å²) in [5.74, 6) is -0.0663. The van der Waals surface area contributed by atoms with Gasteiger partial charge in [-0.3, -0.25) is 9.59 Å². The molecule has 0 saturated heterocycles. The number of nitrogen functional groups attached to an aromatic ring is 1. The molecule has 0 aliphatic carbocycles. The molecule has 2 rings (SSSR count). The predicted octanol–water partition coefficient (Wildman–Crippen LogP) is 0.394. The number of nitrogens with zero attached hydrogens (tertiary/aromatic N) is 2. The van der Waals surface area contributed by atoms with E-state index in [1.807, 2.05) is 0 Å². The average molecular weight is 275 g/mol. The lowest BCUT2D eigenvalue weighted by Gasteiger charge is -2.20. The Morgan fingerprint density at radius 3 is 2.80 bits per heavy atom. The third kappa shape index (κ3) is 2.56. The van der Waals surface area contributed by atoms with Crippen molar-refractivity contribution in [2.24, 2.45) is 0 Å². The van der Waals surface area contributed by atoms with Gasteiger partial charge < -0.3 is 20.9 Å². The van der Waals surface area contributed by atoms with Crippen LogP contribution >= 0.6 is 0 Å². The van der Waals surface area contributed by atoms with Gasteiger partial charge in [0.1, 0.15) is 6.04 Å². The maximum atomic E-state index is 11.8. The maximum absolute atomic E-state index is 11.8. The van der Waals surface area contributed by atoms with E-state index in [0.717, 1.165) is 0 Å². The number of amides is 1. The number of H-pyrrole nitrogens is 1. The number of aromatic nitrogens is 2. The van der Waals surface area contributed by atoms with Crippen molar-refractivity contribution < 1.29 is 4.79 Å². The summed E-state index contributed by atoms with van der Waals surface area (Å²) in [4.78, 5) is 31.5. The molecule has 0 saturated carbocycles. The van der Waals surface area contributed by atoms with Crippen LogP contribution in [0.5, 0.6) is 0 Å². The van der Waals surface area contributed by atoms with Gasteiger partial charge in [0.2, 0.25) is 5.91 Å². The summed E-state index contributed by atoms with van der Waals surface area (Å²) < 4.78 is 0. The smallest absolute Gasteiger partial charge is 0.258 e. The van der Waals surface area contributed by atoms with Gasteiger partial charge >= 0.3 is 0 Å². The molecule has 1 aromatic heterocycles. The number of fused-ring (bicyclic) bond motifs is 1. The van der Waals surface area contributed by atoms with Gasteiger partial charge in [0, 0.05) is 14.1 Å². The van der Waals surface area contributed by atoms with Crippen LogP contribution in [0.2, 0.25) is 0 Å². The van der Waals surface area contributed by atoms with Crippen molar-refractivity contribution in [1.29, 1.82) is 0 Å². The first-order valence-corrected chi connectivity index (χ1v) is 6.14. The van der Waals surface area contributed by atoms with Gasteiger partial charge in [0.05, 0.1) is 28.6 Å². The molecular weight excluding hydrogens is 258 g/mol. The molecule has 1 unspecified atom stereocenters. The third-order valence-electron chi connectivity index (χ3n) is 2.99. The monoisotopic (exact) mass is 275 g/mol. The minimum Gasteiger partial charge on any atom is -0.397 e. The molecule has 7 heteroatoms. The normalized spacial score (nSPS) is 12.2. The number of rotatable bonds is 3. The van der Waals surface area contributed by atoms with Crippen molar-refractivity contribution in [1.82, 2.24) is 14.9 Å². The van der Waals surface area contributed by atoms with Gasteiger partial charge in [-0.15, -0.1) is 0 Å². The molecule has 106 valence electrons. The molecule has 0 fully saturated rings. The second-order valence-electron chi connectivity index (χ2n) is 4.79. The van der Waals surface area contributed by atoms with E-state index in [4.69, 9.17) is 5.73 Å². The molecule has 1 atom stereocenters. The van der Waals surface area contributed by atoms with Crippen molar-refractivity contribution in [3.63, 3.8) is 0 Å². The molecule has 4 N–H and O–H groups in total. The summed E-state index contributed by atoms with van der Waals surface area (Å²) in [6, 6.07) is 2.79. The average Bonchev–Trinajstić information content (AvgIpc) is 2.39. The molecule has 1 heterocycles. The highest BCUT2D eigenvalue weighted by Gasteiger charge is 2.16. The summed E-state index contributed by atoms with van der Waals surface area (Å²) in [5, 5.41) is 3.45. The molecule has 7 nitrogen and oxygen atoms in total. The van der Waals surface area contributed by atoms with Crippen LogP contribution in [0.3, 0.4) is 0 Å². The lowest BCUT2D eigenvalue weighted by atomic mass is 10.1. The van der Waals surface area contributed by atoms with Crippen molar-refractivity contribution in [2.75, 3.05) is 25.1 Å². The zero-order chi connectivity index (χ0) is 14.9. The van der Waals surface area contributed by atoms with Gasteiger partial charge in [-0.25, -0.2) is 4.98 Å². The molecule has 0 aliphatic rings. The highest BCUT2D eigenvalue weighted by Crippen LogP contribution is 2.23. The van der Waals surface area contributed by atoms with Crippen LogP contribution in [0.15, 0.2) is 23.3 Å². The van der Waals surface area contributed by atoms with E-state index >= 15 is 0 Å². The maximum Gasteiger partial charge on any atom is 0.258 e. The SMILES string of the molecule is CC(Nc1cc2nc[nH]c(=O)c2cc1N)C(=O)N(C)C. The zero-order valence-corrected chi connectivity index (χ0v) is 11.6. The second kappa shape index (κ2) is 5.20. The van der Waals surface area contributed by atoms with Crippen molar-refractivity contribution in [3.8, 4) is 0 Å². The largest absolute Gasteiger partial charge is 0.397 e. The van der Waals surface area contributed by atoms with Crippen molar-refractivity contribution in [2.45, 2.75) is 13.0 Å². The number of nitrogens with one attached hydrogen (secondary N) is 2. The Hall–Kier alpha value is -2.57. The van der Waals surface area contributed by atoms with Crippen LogP contribution in [0, 0.1) is 0 Å². The van der Waals surface area contributed by atoms with Gasteiger partial charge in [0.15, 0.2) is 0 Å². The number of carbonyl (C=O) groups is 1. The predicted molar refractivity (Wildman–Crippen MR) is 78.6 cm³/mol. The Kier molecular flexibility index (Phi) is 3.60. The fourth-order valence-corrected chi connectivity index (χ4v) is 1.94. The van der Waals surface area contributed by atoms with E-state index in [1.165, 1.54) is 11.2 Å². The Balaban J connectivity index is 2.38. The highest BCUT2D eigenvalue weighted by molar-refractivity contribution is 5.90. The Morgan fingerprint density at radius 2 is 2.15 bits per heavy atom. The lowest BCUT2D eigenvalue weighted by Crippen LogP contribution is -2.36. The standard InChI is InChI=1S/C13H17N5O2/c1-7(13(20)18(2)3)17-11-5-10-8(4-9(11)14)12(19)16-6-15-10/h4-7,17H,14H2,1-3H3,(H,15,16,19). The molecule has 1 amide bonds. The van der Waals surface area contributed by atoms with E-state index < -0.39 is 6.04 Å². The number of benzene rings is 1. The van der Waals surface area contributed by atoms with Crippen LogP contribution in [-0.4, -0.2) is 40.9 Å². The molecular formula is C13H17N5O2. The second-order valence-corrected chi connectivity index (χ2v) is 4.79. The third-order valence-corrected chi connectivity index (χ3v) is 2.99. The Labute approximate surface area is 115 Å². The van der Waals surface area contributed by atoms with Crippen LogP contribution in [-0.2, 0) is 4.79 Å². The van der Waals surface area contributed by atoms with Crippen LogP contribution in [0.4, 0.5) is 11.4 Å². The summed E-state index contributed by atoms with van der Waals surface area (Å²) in [7, 11) is 3.37.